The minimum atomic E-state index is -0.436. The first-order valence-corrected chi connectivity index (χ1v) is 10.3. The van der Waals surface area contributed by atoms with Crippen LogP contribution in [0, 0.1) is 20.8 Å². The van der Waals surface area contributed by atoms with Crippen molar-refractivity contribution < 1.29 is 19.1 Å². The van der Waals surface area contributed by atoms with Crippen LogP contribution in [-0.2, 0) is 27.2 Å². The second-order valence-electron chi connectivity index (χ2n) is 7.82. The van der Waals surface area contributed by atoms with Crippen LogP contribution >= 0.6 is 0 Å². The van der Waals surface area contributed by atoms with Gasteiger partial charge >= 0.3 is 5.97 Å². The van der Waals surface area contributed by atoms with Gasteiger partial charge in [-0.2, -0.15) is 5.10 Å². The SMILES string of the molecule is Cc1cc2nc(C)c(CCC(=O)OCC(=O)c3ccc4c(c3)CCC(=O)N4)c(C)n2n1. The first-order chi connectivity index (χ1) is 14.8. The summed E-state index contributed by atoms with van der Waals surface area (Å²) in [6.07, 6.45) is 1.61. The molecule has 0 spiro atoms. The zero-order chi connectivity index (χ0) is 22.1. The molecule has 0 radical (unpaired) electrons. The number of carbonyl (C=O) groups is 3. The zero-order valence-corrected chi connectivity index (χ0v) is 17.8. The van der Waals surface area contributed by atoms with Gasteiger partial charge in [0.15, 0.2) is 18.0 Å². The Kier molecular flexibility index (Phi) is 5.54. The van der Waals surface area contributed by atoms with Gasteiger partial charge in [-0.3, -0.25) is 14.4 Å². The lowest BCUT2D eigenvalue weighted by Gasteiger charge is -2.17. The number of nitrogens with one attached hydrogen (secondary N) is 1. The molecule has 0 saturated heterocycles. The molecule has 8 nitrogen and oxygen atoms in total. The number of aromatic nitrogens is 3. The first-order valence-electron chi connectivity index (χ1n) is 10.3. The Hall–Kier alpha value is -3.55. The van der Waals surface area contributed by atoms with Crippen LogP contribution in [0.15, 0.2) is 24.3 Å². The van der Waals surface area contributed by atoms with E-state index in [2.05, 4.69) is 15.4 Å². The van der Waals surface area contributed by atoms with Gasteiger partial charge in [0.2, 0.25) is 5.91 Å². The van der Waals surface area contributed by atoms with E-state index in [1.165, 1.54) is 0 Å². The van der Waals surface area contributed by atoms with Gasteiger partial charge in [-0.05, 0) is 62.9 Å². The highest BCUT2D eigenvalue weighted by atomic mass is 16.5. The molecule has 0 fully saturated rings. The molecule has 1 aromatic carbocycles. The maximum Gasteiger partial charge on any atom is 0.306 e. The van der Waals surface area contributed by atoms with Crippen molar-refractivity contribution in [1.82, 2.24) is 14.6 Å². The summed E-state index contributed by atoms with van der Waals surface area (Å²) >= 11 is 0. The van der Waals surface area contributed by atoms with Crippen LogP contribution in [0.5, 0.6) is 0 Å². The third-order valence-electron chi connectivity index (χ3n) is 5.55. The van der Waals surface area contributed by atoms with E-state index in [-0.39, 0.29) is 24.7 Å². The van der Waals surface area contributed by atoms with Crippen molar-refractivity contribution in [2.45, 2.75) is 46.5 Å². The molecule has 3 heterocycles. The van der Waals surface area contributed by atoms with Crippen LogP contribution in [0.2, 0.25) is 0 Å². The van der Waals surface area contributed by atoms with Crippen LogP contribution in [0.1, 0.15) is 51.4 Å². The fourth-order valence-corrected chi connectivity index (χ4v) is 3.89. The van der Waals surface area contributed by atoms with E-state index in [4.69, 9.17) is 4.74 Å². The number of Topliss-reactive ketones (excluding diaryl/α,β-unsaturated/α-hetero) is 1. The molecule has 2 aromatic heterocycles. The van der Waals surface area contributed by atoms with E-state index >= 15 is 0 Å². The number of fused-ring (bicyclic) bond motifs is 2. The number of ketones is 1. The molecule has 0 aliphatic carbocycles. The number of rotatable bonds is 6. The highest BCUT2D eigenvalue weighted by Gasteiger charge is 2.18. The topological polar surface area (TPSA) is 103 Å². The molecule has 4 rings (SSSR count). The number of hydrogen-bond acceptors (Lipinski definition) is 6. The number of esters is 1. The average Bonchev–Trinajstić information content (AvgIpc) is 3.11. The van der Waals surface area contributed by atoms with Crippen LogP contribution in [0.4, 0.5) is 5.69 Å². The number of benzene rings is 1. The molecule has 160 valence electrons. The van der Waals surface area contributed by atoms with Gasteiger partial charge in [0.25, 0.3) is 0 Å². The van der Waals surface area contributed by atoms with E-state index in [0.717, 1.165) is 39.5 Å². The molecular weight excluding hydrogens is 396 g/mol. The molecule has 1 aliphatic heterocycles. The molecule has 1 aliphatic rings. The van der Waals surface area contributed by atoms with Gasteiger partial charge in [-0.15, -0.1) is 0 Å². The minimum Gasteiger partial charge on any atom is -0.457 e. The lowest BCUT2D eigenvalue weighted by molar-refractivity contribution is -0.142. The molecule has 1 N–H and O–H groups in total. The van der Waals surface area contributed by atoms with Crippen molar-refractivity contribution in [2.24, 2.45) is 0 Å². The molecule has 3 aromatic rings. The Labute approximate surface area is 179 Å². The van der Waals surface area contributed by atoms with Crippen LogP contribution in [-0.4, -0.2) is 38.9 Å². The Morgan fingerprint density at radius 2 is 1.97 bits per heavy atom. The monoisotopic (exact) mass is 420 g/mol. The summed E-state index contributed by atoms with van der Waals surface area (Å²) in [5, 5.41) is 7.22. The van der Waals surface area contributed by atoms with Gasteiger partial charge < -0.3 is 10.1 Å². The predicted octanol–water partition coefficient (Wildman–Crippen LogP) is 2.90. The summed E-state index contributed by atoms with van der Waals surface area (Å²) in [7, 11) is 0. The van der Waals surface area contributed by atoms with E-state index in [0.29, 0.717) is 24.8 Å². The third-order valence-corrected chi connectivity index (χ3v) is 5.55. The molecule has 0 saturated carbocycles. The number of aryl methyl sites for hydroxylation is 4. The van der Waals surface area contributed by atoms with Crippen molar-refractivity contribution in [3.63, 3.8) is 0 Å². The Morgan fingerprint density at radius 1 is 1.16 bits per heavy atom. The second kappa shape index (κ2) is 8.29. The fraction of sp³-hybridized carbons (Fsp3) is 0.348. The number of hydrogen-bond donors (Lipinski definition) is 1. The van der Waals surface area contributed by atoms with Crippen LogP contribution < -0.4 is 5.32 Å². The quantitative estimate of drug-likeness (QED) is 0.486. The van der Waals surface area contributed by atoms with Crippen molar-refractivity contribution >= 4 is 29.0 Å². The van der Waals surface area contributed by atoms with E-state index in [9.17, 15) is 14.4 Å². The Balaban J connectivity index is 1.35. The number of amides is 1. The molecule has 31 heavy (non-hydrogen) atoms. The summed E-state index contributed by atoms with van der Waals surface area (Å²) in [4.78, 5) is 40.7. The average molecular weight is 420 g/mol. The molecule has 0 unspecified atom stereocenters. The predicted molar refractivity (Wildman–Crippen MR) is 114 cm³/mol. The highest BCUT2D eigenvalue weighted by molar-refractivity contribution is 6.00. The number of nitrogens with zero attached hydrogens (tertiary/aromatic N) is 3. The first kappa shape index (κ1) is 20.7. The zero-order valence-electron chi connectivity index (χ0n) is 17.8. The van der Waals surface area contributed by atoms with Crippen molar-refractivity contribution in [3.8, 4) is 0 Å². The van der Waals surface area contributed by atoms with E-state index in [1.54, 1.807) is 22.7 Å². The number of anilines is 1. The molecular formula is C23H24N4O4. The number of carbonyl (C=O) groups excluding carboxylic acids is 3. The summed E-state index contributed by atoms with van der Waals surface area (Å²) in [5.74, 6) is -0.729. The molecule has 0 atom stereocenters. The summed E-state index contributed by atoms with van der Waals surface area (Å²) in [5.41, 5.74) is 6.54. The summed E-state index contributed by atoms with van der Waals surface area (Å²) < 4.78 is 6.99. The Bertz CT molecular complexity index is 1210. The van der Waals surface area contributed by atoms with Crippen LogP contribution in [0.25, 0.3) is 5.65 Å². The Morgan fingerprint density at radius 3 is 2.77 bits per heavy atom. The second-order valence-corrected chi connectivity index (χ2v) is 7.82. The maximum atomic E-state index is 12.4. The minimum absolute atomic E-state index is 0.0250. The van der Waals surface area contributed by atoms with Gasteiger partial charge in [-0.25, -0.2) is 9.50 Å². The lowest BCUT2D eigenvalue weighted by Crippen LogP contribution is -2.20. The van der Waals surface area contributed by atoms with Crippen molar-refractivity contribution in [1.29, 1.82) is 0 Å². The third kappa shape index (κ3) is 4.33. The van der Waals surface area contributed by atoms with Gasteiger partial charge in [0.1, 0.15) is 0 Å². The molecule has 8 heteroatoms. The maximum absolute atomic E-state index is 12.4. The van der Waals surface area contributed by atoms with Crippen molar-refractivity contribution in [3.05, 3.63) is 58.0 Å². The van der Waals surface area contributed by atoms with E-state index < -0.39 is 5.97 Å². The van der Waals surface area contributed by atoms with Crippen LogP contribution in [0.3, 0.4) is 0 Å². The van der Waals surface area contributed by atoms with E-state index in [1.807, 2.05) is 26.8 Å². The molecule has 0 bridgehead atoms. The number of ether oxygens (including phenoxy) is 1. The fourth-order valence-electron chi connectivity index (χ4n) is 3.89. The normalized spacial score (nSPS) is 13.1. The van der Waals surface area contributed by atoms with Gasteiger partial charge in [-0.1, -0.05) is 0 Å². The van der Waals surface area contributed by atoms with Gasteiger partial charge in [0.05, 0.1) is 5.69 Å². The van der Waals surface area contributed by atoms with Crippen molar-refractivity contribution in [2.75, 3.05) is 11.9 Å². The summed E-state index contributed by atoms with van der Waals surface area (Å²) in [6, 6.07) is 7.02. The van der Waals surface area contributed by atoms with Gasteiger partial charge in [0, 0.05) is 41.5 Å². The highest BCUT2D eigenvalue weighted by Crippen LogP contribution is 2.24. The molecule has 1 amide bonds. The summed E-state index contributed by atoms with van der Waals surface area (Å²) in [6.45, 7) is 5.47. The smallest absolute Gasteiger partial charge is 0.306 e. The lowest BCUT2D eigenvalue weighted by atomic mass is 9.99. The standard InChI is InChI=1S/C23H24N4O4/c1-13-10-21-24-14(2)18(15(3)27(21)26-13)6-9-23(30)31-12-20(28)17-4-7-19-16(11-17)5-8-22(29)25-19/h4,7,10-11H,5-6,8-9,12H2,1-3H3,(H,25,29). The largest absolute Gasteiger partial charge is 0.457 e.